The summed E-state index contributed by atoms with van der Waals surface area (Å²) in [5, 5.41) is 9.99. The Bertz CT molecular complexity index is 2750. The highest BCUT2D eigenvalue weighted by Crippen LogP contribution is 2.46. The first-order chi connectivity index (χ1) is 23.3. The average Bonchev–Trinajstić information content (AvgIpc) is 3.53. The molecule has 0 amide bonds. The number of rotatable bonds is 4. The van der Waals surface area contributed by atoms with E-state index in [9.17, 15) is 0 Å². The van der Waals surface area contributed by atoms with Gasteiger partial charge in [0.1, 0.15) is 11.2 Å². The Morgan fingerprint density at radius 2 is 0.766 bits per heavy atom. The van der Waals surface area contributed by atoms with Gasteiger partial charge in [-0.15, -0.1) is 0 Å². The number of para-hydroxylation sites is 1. The van der Waals surface area contributed by atoms with E-state index < -0.39 is 0 Å². The maximum atomic E-state index is 6.85. The average molecular weight is 597 g/mol. The lowest BCUT2D eigenvalue weighted by atomic mass is 9.86. The molecule has 0 fully saturated rings. The molecule has 0 radical (unpaired) electrons. The van der Waals surface area contributed by atoms with Crippen LogP contribution in [0.15, 0.2) is 174 Å². The maximum absolute atomic E-state index is 6.85. The molecule has 0 saturated carbocycles. The summed E-state index contributed by atoms with van der Waals surface area (Å²) >= 11 is 0. The van der Waals surface area contributed by atoms with E-state index in [4.69, 9.17) is 4.42 Å². The second-order valence-electron chi connectivity index (χ2n) is 12.4. The molecule has 0 spiro atoms. The smallest absolute Gasteiger partial charge is 0.143 e. The predicted molar refractivity (Wildman–Crippen MR) is 199 cm³/mol. The molecule has 1 heteroatoms. The van der Waals surface area contributed by atoms with Crippen LogP contribution in [0.3, 0.4) is 0 Å². The molecule has 1 nitrogen and oxygen atoms in total. The van der Waals surface area contributed by atoms with Crippen molar-refractivity contribution in [1.29, 1.82) is 0 Å². The van der Waals surface area contributed by atoms with Gasteiger partial charge < -0.3 is 4.42 Å². The Labute approximate surface area is 272 Å². The molecule has 0 bridgehead atoms. The van der Waals surface area contributed by atoms with Crippen LogP contribution in [-0.4, -0.2) is 0 Å². The van der Waals surface area contributed by atoms with E-state index in [-0.39, 0.29) is 0 Å². The van der Waals surface area contributed by atoms with Crippen LogP contribution >= 0.6 is 0 Å². The Morgan fingerprint density at radius 3 is 1.36 bits per heavy atom. The Morgan fingerprint density at radius 1 is 0.277 bits per heavy atom. The molecule has 9 aromatic carbocycles. The van der Waals surface area contributed by atoms with Crippen LogP contribution in [0.4, 0.5) is 0 Å². The van der Waals surface area contributed by atoms with Gasteiger partial charge in [-0.2, -0.15) is 0 Å². The van der Waals surface area contributed by atoms with E-state index in [1.807, 2.05) is 0 Å². The fourth-order valence-corrected chi connectivity index (χ4v) is 7.65. The first-order valence-corrected chi connectivity index (χ1v) is 16.2. The minimum absolute atomic E-state index is 0.920. The number of hydrogen-bond donors (Lipinski definition) is 0. The molecule has 0 unspecified atom stereocenters. The highest BCUT2D eigenvalue weighted by atomic mass is 16.3. The Balaban J connectivity index is 1.28. The molecular formula is C46H28O. The van der Waals surface area contributed by atoms with Crippen molar-refractivity contribution in [3.05, 3.63) is 170 Å². The van der Waals surface area contributed by atoms with Crippen molar-refractivity contribution in [3.8, 4) is 44.5 Å². The Hall–Kier alpha value is -6.18. The van der Waals surface area contributed by atoms with Gasteiger partial charge >= 0.3 is 0 Å². The van der Waals surface area contributed by atoms with Crippen LogP contribution in [0.2, 0.25) is 0 Å². The summed E-state index contributed by atoms with van der Waals surface area (Å²) in [4.78, 5) is 0. The van der Waals surface area contributed by atoms with Gasteiger partial charge in [0, 0.05) is 21.9 Å². The van der Waals surface area contributed by atoms with Crippen LogP contribution in [0.25, 0.3) is 98.8 Å². The topological polar surface area (TPSA) is 13.1 Å². The minimum atomic E-state index is 0.920. The minimum Gasteiger partial charge on any atom is -0.455 e. The van der Waals surface area contributed by atoms with Gasteiger partial charge in [0.2, 0.25) is 0 Å². The van der Waals surface area contributed by atoms with Crippen LogP contribution in [-0.2, 0) is 0 Å². The molecule has 0 N–H and O–H groups in total. The van der Waals surface area contributed by atoms with Crippen molar-refractivity contribution in [2.24, 2.45) is 0 Å². The van der Waals surface area contributed by atoms with Gasteiger partial charge in [0.15, 0.2) is 0 Å². The lowest BCUT2D eigenvalue weighted by Gasteiger charge is -2.17. The third kappa shape index (κ3) is 3.97. The quantitative estimate of drug-likeness (QED) is 0.184. The molecular weight excluding hydrogens is 569 g/mol. The first-order valence-electron chi connectivity index (χ1n) is 16.2. The molecule has 1 heterocycles. The standard InChI is InChI=1S/C46H28O/c1-4-11-29(12-5-1)35-23-19-32-22-26-39-36(24-20-33-21-25-38(35)43(32)44(33)39)34-27-41(31-15-8-3-9-16-31)46-42(28-34)40-18-10-17-37(45(40)47-46)30-13-6-2-7-14-30/h1-28H. The lowest BCUT2D eigenvalue weighted by molar-refractivity contribution is 0.671. The molecule has 0 saturated heterocycles. The van der Waals surface area contributed by atoms with Gasteiger partial charge in [-0.05, 0) is 77.8 Å². The zero-order valence-corrected chi connectivity index (χ0v) is 25.6. The summed E-state index contributed by atoms with van der Waals surface area (Å²) < 4.78 is 6.85. The first kappa shape index (κ1) is 26.1. The van der Waals surface area contributed by atoms with Crippen molar-refractivity contribution >= 4 is 54.3 Å². The largest absolute Gasteiger partial charge is 0.455 e. The van der Waals surface area contributed by atoms with Crippen molar-refractivity contribution in [2.75, 3.05) is 0 Å². The zero-order valence-electron chi connectivity index (χ0n) is 25.6. The Kier molecular flexibility index (Phi) is 5.64. The molecule has 0 aliphatic heterocycles. The molecule has 0 aliphatic rings. The summed E-state index contributed by atoms with van der Waals surface area (Å²) in [5.74, 6) is 0. The number of furan rings is 1. The van der Waals surface area contributed by atoms with Crippen LogP contribution in [0, 0.1) is 0 Å². The molecule has 1 aromatic heterocycles. The molecule has 10 aromatic rings. The fourth-order valence-electron chi connectivity index (χ4n) is 7.65. The van der Waals surface area contributed by atoms with Gasteiger partial charge in [-0.25, -0.2) is 0 Å². The summed E-state index contributed by atoms with van der Waals surface area (Å²) in [6.07, 6.45) is 0. The van der Waals surface area contributed by atoms with Crippen molar-refractivity contribution in [3.63, 3.8) is 0 Å². The SMILES string of the molecule is c1ccc(-c2ccc3ccc4c(-c5cc(-c6ccccc6)c6oc7c(-c8ccccc8)cccc7c6c5)ccc5ccc2c3c54)cc1. The summed E-state index contributed by atoms with van der Waals surface area (Å²) in [5.41, 5.74) is 11.3. The van der Waals surface area contributed by atoms with E-state index in [0.717, 1.165) is 44.2 Å². The molecule has 218 valence electrons. The predicted octanol–water partition coefficient (Wildman–Crippen LogP) is 13.2. The van der Waals surface area contributed by atoms with Gasteiger partial charge in [0.05, 0.1) is 0 Å². The van der Waals surface area contributed by atoms with E-state index in [2.05, 4.69) is 170 Å². The summed E-state index contributed by atoms with van der Waals surface area (Å²) in [7, 11) is 0. The number of hydrogen-bond acceptors (Lipinski definition) is 1. The number of benzene rings is 9. The van der Waals surface area contributed by atoms with Crippen LogP contribution in [0.1, 0.15) is 0 Å². The number of fused-ring (bicyclic) bond motifs is 3. The third-order valence-corrected chi connectivity index (χ3v) is 9.83. The third-order valence-electron chi connectivity index (χ3n) is 9.83. The molecule has 10 rings (SSSR count). The van der Waals surface area contributed by atoms with E-state index in [1.165, 1.54) is 54.6 Å². The zero-order chi connectivity index (χ0) is 30.9. The molecule has 0 atom stereocenters. The second-order valence-corrected chi connectivity index (χ2v) is 12.4. The van der Waals surface area contributed by atoms with Gasteiger partial charge in [0.25, 0.3) is 0 Å². The van der Waals surface area contributed by atoms with Gasteiger partial charge in [-0.3, -0.25) is 0 Å². The maximum Gasteiger partial charge on any atom is 0.143 e. The van der Waals surface area contributed by atoms with E-state index in [1.54, 1.807) is 0 Å². The summed E-state index contributed by atoms with van der Waals surface area (Å²) in [6.45, 7) is 0. The summed E-state index contributed by atoms with van der Waals surface area (Å²) in [6, 6.07) is 61.4. The second kappa shape index (κ2) is 10.2. The van der Waals surface area contributed by atoms with Crippen molar-refractivity contribution < 1.29 is 4.42 Å². The lowest BCUT2D eigenvalue weighted by Crippen LogP contribution is -1.90. The van der Waals surface area contributed by atoms with Crippen LogP contribution in [0.5, 0.6) is 0 Å². The van der Waals surface area contributed by atoms with Crippen molar-refractivity contribution in [1.82, 2.24) is 0 Å². The van der Waals surface area contributed by atoms with E-state index in [0.29, 0.717) is 0 Å². The van der Waals surface area contributed by atoms with Crippen LogP contribution < -0.4 is 0 Å². The molecule has 0 aliphatic carbocycles. The van der Waals surface area contributed by atoms with Crippen molar-refractivity contribution in [2.45, 2.75) is 0 Å². The highest BCUT2D eigenvalue weighted by molar-refractivity contribution is 6.28. The monoisotopic (exact) mass is 596 g/mol. The fraction of sp³-hybridized carbons (Fsp3) is 0. The molecule has 47 heavy (non-hydrogen) atoms. The normalized spacial score (nSPS) is 11.8. The van der Waals surface area contributed by atoms with E-state index >= 15 is 0 Å². The highest BCUT2D eigenvalue weighted by Gasteiger charge is 2.20. The van der Waals surface area contributed by atoms with Gasteiger partial charge in [-0.1, -0.05) is 158 Å².